The van der Waals surface area contributed by atoms with Crippen LogP contribution in [0.3, 0.4) is 0 Å². The van der Waals surface area contributed by atoms with E-state index in [-0.39, 0.29) is 0 Å². The van der Waals surface area contributed by atoms with E-state index in [2.05, 4.69) is 4.99 Å². The van der Waals surface area contributed by atoms with Crippen molar-refractivity contribution in [2.45, 2.75) is 13.8 Å². The lowest BCUT2D eigenvalue weighted by molar-refractivity contribution is 0.565. The minimum atomic E-state index is 0.430. The number of rotatable bonds is 3. The van der Waals surface area contributed by atoms with Crippen molar-refractivity contribution in [3.8, 4) is 0 Å². The largest absolute Gasteiger partial charge is 0.241 e. The van der Waals surface area contributed by atoms with Crippen molar-refractivity contribution in [1.82, 2.24) is 0 Å². The fourth-order valence-electron chi connectivity index (χ4n) is 0.481. The summed E-state index contributed by atoms with van der Waals surface area (Å²) >= 11 is 1.45. The molecule has 0 aliphatic rings. The van der Waals surface area contributed by atoms with E-state index < -0.39 is 0 Å². The van der Waals surface area contributed by atoms with E-state index in [1.165, 1.54) is 17.8 Å². The lowest BCUT2D eigenvalue weighted by Crippen LogP contribution is -1.80. The zero-order chi connectivity index (χ0) is 7.98. The third kappa shape index (κ3) is 4.36. The Morgan fingerprint density at radius 3 is 2.60 bits per heavy atom. The molecule has 0 saturated heterocycles. The summed E-state index contributed by atoms with van der Waals surface area (Å²) in [6.07, 6.45) is 5.32. The molecule has 0 fully saturated rings. The number of thioether (sulfide) groups is 1. The maximum absolute atomic E-state index is 9.81. The molecular weight excluding hydrogens is 146 g/mol. The Kier molecular flexibility index (Phi) is 4.99. The summed E-state index contributed by atoms with van der Waals surface area (Å²) in [4.78, 5) is 13.3. The zero-order valence-electron chi connectivity index (χ0n) is 6.42. The zero-order valence-corrected chi connectivity index (χ0v) is 7.23. The predicted octanol–water partition coefficient (Wildman–Crippen LogP) is 2.18. The second-order valence-electron chi connectivity index (χ2n) is 2.16. The molecule has 0 aliphatic heterocycles. The van der Waals surface area contributed by atoms with Crippen LogP contribution in [0, 0.1) is 5.92 Å². The summed E-state index contributed by atoms with van der Waals surface area (Å²) in [5.74, 6) is 0.430. The Labute approximate surface area is 65.4 Å². The number of carbonyl (C=O) groups excluding carboxylic acids is 1. The SMILES string of the molecule is CS/C(=C/C(C)C)N=C=O. The molecule has 3 heteroatoms. The highest BCUT2D eigenvalue weighted by Crippen LogP contribution is 2.14. The molecular formula is C7H11NOS. The van der Waals surface area contributed by atoms with Gasteiger partial charge in [-0.25, -0.2) is 4.79 Å². The van der Waals surface area contributed by atoms with Crippen molar-refractivity contribution in [3.05, 3.63) is 11.1 Å². The molecule has 56 valence electrons. The number of allylic oxidation sites excluding steroid dienone is 1. The third-order valence-corrected chi connectivity index (χ3v) is 1.49. The standard InChI is InChI=1S/C7H11NOS/c1-6(2)4-7(10-3)8-5-9/h4,6H,1-3H3/b7-4+. The van der Waals surface area contributed by atoms with Gasteiger partial charge in [0.2, 0.25) is 6.08 Å². The maximum Gasteiger partial charge on any atom is 0.241 e. The first-order chi connectivity index (χ1) is 4.70. The van der Waals surface area contributed by atoms with Crippen LogP contribution in [0.4, 0.5) is 0 Å². The van der Waals surface area contributed by atoms with Crippen molar-refractivity contribution in [2.75, 3.05) is 6.26 Å². The van der Waals surface area contributed by atoms with Crippen LogP contribution in [0.25, 0.3) is 0 Å². The molecule has 0 aliphatic carbocycles. The van der Waals surface area contributed by atoms with Gasteiger partial charge < -0.3 is 0 Å². The molecule has 0 aromatic heterocycles. The van der Waals surface area contributed by atoms with Gasteiger partial charge in [0.15, 0.2) is 0 Å². The summed E-state index contributed by atoms with van der Waals surface area (Å²) in [5.41, 5.74) is 0. The van der Waals surface area contributed by atoms with Gasteiger partial charge in [0.05, 0.1) is 0 Å². The smallest absolute Gasteiger partial charge is 0.211 e. The highest BCUT2D eigenvalue weighted by atomic mass is 32.2. The van der Waals surface area contributed by atoms with Crippen molar-refractivity contribution in [3.63, 3.8) is 0 Å². The van der Waals surface area contributed by atoms with E-state index in [1.807, 2.05) is 26.2 Å². The maximum atomic E-state index is 9.81. The molecule has 2 nitrogen and oxygen atoms in total. The first-order valence-corrected chi connectivity index (χ1v) is 4.27. The minimum Gasteiger partial charge on any atom is -0.211 e. The monoisotopic (exact) mass is 157 g/mol. The van der Waals surface area contributed by atoms with E-state index in [1.54, 1.807) is 0 Å². The summed E-state index contributed by atoms with van der Waals surface area (Å²) in [6.45, 7) is 4.08. The van der Waals surface area contributed by atoms with Gasteiger partial charge >= 0.3 is 0 Å². The normalized spacial score (nSPS) is 11.4. The Bertz CT molecular complexity index is 168. The number of nitrogens with zero attached hydrogens (tertiary/aromatic N) is 1. The Morgan fingerprint density at radius 2 is 2.30 bits per heavy atom. The van der Waals surface area contributed by atoms with Crippen LogP contribution in [-0.2, 0) is 4.79 Å². The molecule has 0 N–H and O–H groups in total. The second kappa shape index (κ2) is 5.27. The van der Waals surface area contributed by atoms with Crippen molar-refractivity contribution in [1.29, 1.82) is 0 Å². The molecule has 0 atom stereocenters. The molecule has 0 heterocycles. The van der Waals surface area contributed by atoms with Gasteiger partial charge in [0.25, 0.3) is 0 Å². The summed E-state index contributed by atoms with van der Waals surface area (Å²) in [7, 11) is 0. The Hall–Kier alpha value is -0.530. The van der Waals surface area contributed by atoms with Crippen LogP contribution in [0.2, 0.25) is 0 Å². The van der Waals surface area contributed by atoms with Crippen molar-refractivity contribution >= 4 is 17.8 Å². The highest BCUT2D eigenvalue weighted by molar-refractivity contribution is 8.02. The van der Waals surface area contributed by atoms with Gasteiger partial charge in [-0.15, -0.1) is 11.8 Å². The molecule has 0 spiro atoms. The Morgan fingerprint density at radius 1 is 1.70 bits per heavy atom. The number of hydrogen-bond donors (Lipinski definition) is 0. The first kappa shape index (κ1) is 9.47. The summed E-state index contributed by atoms with van der Waals surface area (Å²) in [5, 5.41) is 0.741. The molecule has 10 heavy (non-hydrogen) atoms. The van der Waals surface area contributed by atoms with Gasteiger partial charge in [-0.3, -0.25) is 0 Å². The number of aliphatic imine (C=N–C) groups is 1. The first-order valence-electron chi connectivity index (χ1n) is 3.04. The van der Waals surface area contributed by atoms with Crippen LogP contribution >= 0.6 is 11.8 Å². The van der Waals surface area contributed by atoms with E-state index in [0.717, 1.165) is 5.03 Å². The van der Waals surface area contributed by atoms with E-state index in [4.69, 9.17) is 0 Å². The quantitative estimate of drug-likeness (QED) is 0.464. The fourth-order valence-corrected chi connectivity index (χ4v) is 1.02. The summed E-state index contributed by atoms with van der Waals surface area (Å²) in [6, 6.07) is 0. The van der Waals surface area contributed by atoms with Crippen LogP contribution in [-0.4, -0.2) is 12.3 Å². The average Bonchev–Trinajstić information content (AvgIpc) is 1.86. The topological polar surface area (TPSA) is 29.4 Å². The van der Waals surface area contributed by atoms with Crippen molar-refractivity contribution in [2.24, 2.45) is 10.9 Å². The molecule has 0 rings (SSSR count). The van der Waals surface area contributed by atoms with E-state index in [9.17, 15) is 4.79 Å². The highest BCUT2D eigenvalue weighted by Gasteiger charge is 1.92. The Balaban J connectivity index is 4.17. The lowest BCUT2D eigenvalue weighted by Gasteiger charge is -1.95. The number of hydrogen-bond acceptors (Lipinski definition) is 3. The summed E-state index contributed by atoms with van der Waals surface area (Å²) < 4.78 is 0. The van der Waals surface area contributed by atoms with Gasteiger partial charge in [0, 0.05) is 0 Å². The van der Waals surface area contributed by atoms with E-state index in [0.29, 0.717) is 5.92 Å². The molecule has 0 aromatic rings. The lowest BCUT2D eigenvalue weighted by atomic mass is 10.2. The van der Waals surface area contributed by atoms with Gasteiger partial charge in [-0.05, 0) is 18.2 Å². The van der Waals surface area contributed by atoms with Crippen LogP contribution in [0.5, 0.6) is 0 Å². The molecule has 0 bridgehead atoms. The van der Waals surface area contributed by atoms with Gasteiger partial charge in [-0.1, -0.05) is 13.8 Å². The molecule has 0 amide bonds. The molecule has 0 saturated carbocycles. The predicted molar refractivity (Wildman–Crippen MR) is 44.6 cm³/mol. The van der Waals surface area contributed by atoms with Crippen LogP contribution in [0.1, 0.15) is 13.8 Å². The van der Waals surface area contributed by atoms with E-state index >= 15 is 0 Å². The van der Waals surface area contributed by atoms with Crippen molar-refractivity contribution < 1.29 is 4.79 Å². The van der Waals surface area contributed by atoms with Crippen LogP contribution < -0.4 is 0 Å². The fraction of sp³-hybridized carbons (Fsp3) is 0.571. The second-order valence-corrected chi connectivity index (χ2v) is 2.98. The molecule has 0 aromatic carbocycles. The molecule has 0 unspecified atom stereocenters. The molecule has 0 radical (unpaired) electrons. The van der Waals surface area contributed by atoms with Crippen LogP contribution in [0.15, 0.2) is 16.1 Å². The number of isocyanates is 1. The van der Waals surface area contributed by atoms with Gasteiger partial charge in [-0.2, -0.15) is 4.99 Å². The minimum absolute atomic E-state index is 0.430. The average molecular weight is 157 g/mol. The third-order valence-electron chi connectivity index (χ3n) is 0.841. The van der Waals surface area contributed by atoms with Gasteiger partial charge in [0.1, 0.15) is 5.03 Å².